The van der Waals surface area contributed by atoms with E-state index in [-0.39, 0.29) is 5.92 Å². The van der Waals surface area contributed by atoms with Gasteiger partial charge in [-0.3, -0.25) is 4.79 Å². The quantitative estimate of drug-likeness (QED) is 0.604. The van der Waals surface area contributed by atoms with Crippen LogP contribution in [0, 0.1) is 12.8 Å². The highest BCUT2D eigenvalue weighted by Gasteiger charge is 2.21. The Balaban J connectivity index is 2.14. The molecule has 2 N–H and O–H groups in total. The number of carboxylic acid groups (broad SMARTS) is 1. The molecule has 2 rings (SSSR count). The molecule has 27 heavy (non-hydrogen) atoms. The number of aliphatic carboxylic acids is 1. The van der Waals surface area contributed by atoms with Gasteiger partial charge >= 0.3 is 5.97 Å². The summed E-state index contributed by atoms with van der Waals surface area (Å²) in [6.07, 6.45) is 0. The van der Waals surface area contributed by atoms with Crippen LogP contribution in [0.2, 0.25) is 0 Å². The summed E-state index contributed by atoms with van der Waals surface area (Å²) < 4.78 is 12.3. The van der Waals surface area contributed by atoms with Crippen molar-refractivity contribution in [3.05, 3.63) is 57.6 Å². The number of halogens is 1. The van der Waals surface area contributed by atoms with Gasteiger partial charge in [-0.05, 0) is 41.7 Å². The van der Waals surface area contributed by atoms with Crippen LogP contribution in [0.3, 0.4) is 0 Å². The predicted molar refractivity (Wildman–Crippen MR) is 109 cm³/mol. The van der Waals surface area contributed by atoms with E-state index >= 15 is 0 Å². The minimum Gasteiger partial charge on any atom is -0.493 e. The first-order chi connectivity index (χ1) is 12.8. The third-order valence-electron chi connectivity index (χ3n) is 4.42. The molecule has 0 saturated carbocycles. The monoisotopic (exact) mass is 435 g/mol. The second-order valence-electron chi connectivity index (χ2n) is 6.75. The molecule has 0 aliphatic heterocycles. The number of carboxylic acids is 1. The van der Waals surface area contributed by atoms with Crippen molar-refractivity contribution in [2.75, 3.05) is 7.11 Å². The Bertz CT molecular complexity index is 792. The number of hydrogen-bond acceptors (Lipinski definition) is 4. The van der Waals surface area contributed by atoms with E-state index in [0.717, 1.165) is 15.6 Å². The lowest BCUT2D eigenvalue weighted by molar-refractivity contribution is -0.140. The molecule has 1 unspecified atom stereocenters. The van der Waals surface area contributed by atoms with Gasteiger partial charge in [0, 0.05) is 11.0 Å². The summed E-state index contributed by atoms with van der Waals surface area (Å²) in [6.45, 7) is 6.66. The molecule has 5 nitrogen and oxygen atoms in total. The highest BCUT2D eigenvalue weighted by molar-refractivity contribution is 9.10. The molecule has 0 saturated heterocycles. The lowest BCUT2D eigenvalue weighted by Crippen LogP contribution is -2.40. The fraction of sp³-hybridized carbons (Fsp3) is 0.381. The van der Waals surface area contributed by atoms with Gasteiger partial charge in [-0.2, -0.15) is 0 Å². The van der Waals surface area contributed by atoms with Crippen LogP contribution in [0.25, 0.3) is 0 Å². The molecule has 0 aromatic heterocycles. The molecular formula is C21H26BrNO4. The Morgan fingerprint density at radius 1 is 1.19 bits per heavy atom. The average molecular weight is 436 g/mol. The number of ether oxygens (including phenoxy) is 2. The number of carbonyl (C=O) groups is 1. The highest BCUT2D eigenvalue weighted by atomic mass is 79.9. The number of methoxy groups -OCH3 is 1. The Kier molecular flexibility index (Phi) is 7.68. The van der Waals surface area contributed by atoms with Crippen molar-refractivity contribution in [2.24, 2.45) is 5.92 Å². The molecule has 0 amide bonds. The normalized spacial score (nSPS) is 12.1. The summed E-state index contributed by atoms with van der Waals surface area (Å²) in [5.41, 5.74) is 3.19. The van der Waals surface area contributed by atoms with Crippen molar-refractivity contribution in [3.63, 3.8) is 0 Å². The van der Waals surface area contributed by atoms with Gasteiger partial charge in [0.1, 0.15) is 12.6 Å². The molecule has 0 fully saturated rings. The molecule has 0 bridgehead atoms. The summed E-state index contributed by atoms with van der Waals surface area (Å²) in [5.74, 6) is 0.376. The van der Waals surface area contributed by atoms with Crippen molar-refractivity contribution in [1.29, 1.82) is 0 Å². The zero-order valence-corrected chi connectivity index (χ0v) is 17.7. The van der Waals surface area contributed by atoms with Crippen molar-refractivity contribution >= 4 is 21.9 Å². The summed E-state index contributed by atoms with van der Waals surface area (Å²) >= 11 is 3.55. The molecule has 2 aromatic rings. The Morgan fingerprint density at radius 2 is 1.89 bits per heavy atom. The van der Waals surface area contributed by atoms with Gasteiger partial charge in [0.15, 0.2) is 11.5 Å². The van der Waals surface area contributed by atoms with Crippen molar-refractivity contribution < 1.29 is 19.4 Å². The van der Waals surface area contributed by atoms with E-state index in [9.17, 15) is 9.90 Å². The van der Waals surface area contributed by atoms with E-state index < -0.39 is 12.0 Å². The smallest absolute Gasteiger partial charge is 0.320 e. The van der Waals surface area contributed by atoms with Crippen LogP contribution in [-0.2, 0) is 17.9 Å². The van der Waals surface area contributed by atoms with E-state index in [0.29, 0.717) is 24.7 Å². The second kappa shape index (κ2) is 9.76. The topological polar surface area (TPSA) is 67.8 Å². The summed E-state index contributed by atoms with van der Waals surface area (Å²) in [7, 11) is 1.59. The molecule has 1 atom stereocenters. The maximum atomic E-state index is 11.4. The molecule has 0 spiro atoms. The third kappa shape index (κ3) is 5.71. The van der Waals surface area contributed by atoms with Crippen LogP contribution < -0.4 is 14.8 Å². The van der Waals surface area contributed by atoms with Gasteiger partial charge in [-0.15, -0.1) is 0 Å². The first-order valence-electron chi connectivity index (χ1n) is 8.83. The van der Waals surface area contributed by atoms with Gasteiger partial charge in [-0.25, -0.2) is 0 Å². The van der Waals surface area contributed by atoms with Crippen molar-refractivity contribution in [2.45, 2.75) is 40.0 Å². The number of aryl methyl sites for hydroxylation is 1. The van der Waals surface area contributed by atoms with Gasteiger partial charge < -0.3 is 19.9 Å². The zero-order valence-electron chi connectivity index (χ0n) is 16.1. The average Bonchev–Trinajstić information content (AvgIpc) is 2.62. The second-order valence-corrected chi connectivity index (χ2v) is 7.60. The number of rotatable bonds is 9. The third-order valence-corrected chi connectivity index (χ3v) is 5.16. The lowest BCUT2D eigenvalue weighted by Gasteiger charge is -2.19. The van der Waals surface area contributed by atoms with Crippen LogP contribution in [0.1, 0.15) is 30.5 Å². The van der Waals surface area contributed by atoms with Gasteiger partial charge in [-0.1, -0.05) is 54.0 Å². The largest absolute Gasteiger partial charge is 0.493 e. The Labute approximate surface area is 168 Å². The van der Waals surface area contributed by atoms with Crippen LogP contribution in [0.5, 0.6) is 11.5 Å². The summed E-state index contributed by atoms with van der Waals surface area (Å²) in [6, 6.07) is 11.2. The molecule has 0 aliphatic rings. The molecule has 0 heterocycles. The van der Waals surface area contributed by atoms with Gasteiger partial charge in [0.05, 0.1) is 7.11 Å². The fourth-order valence-electron chi connectivity index (χ4n) is 2.74. The predicted octanol–water partition coefficient (Wildman–Crippen LogP) is 4.54. The summed E-state index contributed by atoms with van der Waals surface area (Å²) in [4.78, 5) is 11.4. The standard InChI is InChI=1S/C21H26BrNO4/c1-13(2)20(21(24)25)23-11-16-9-18(26-4)19(10-17(16)22)27-12-15-8-6-5-7-14(15)3/h5-10,13,20,23H,11-12H2,1-4H3,(H,24,25). The van der Waals surface area contributed by atoms with Crippen molar-refractivity contribution in [3.8, 4) is 11.5 Å². The van der Waals surface area contributed by atoms with E-state index in [1.54, 1.807) is 7.11 Å². The highest BCUT2D eigenvalue weighted by Crippen LogP contribution is 2.34. The molecule has 146 valence electrons. The zero-order chi connectivity index (χ0) is 20.0. The maximum absolute atomic E-state index is 11.4. The minimum absolute atomic E-state index is 0.0140. The number of hydrogen-bond donors (Lipinski definition) is 2. The molecule has 0 radical (unpaired) electrons. The Morgan fingerprint density at radius 3 is 2.48 bits per heavy atom. The first kappa shape index (κ1) is 21.3. The summed E-state index contributed by atoms with van der Waals surface area (Å²) in [5, 5.41) is 12.4. The van der Waals surface area contributed by atoms with E-state index in [1.807, 2.05) is 57.2 Å². The fourth-order valence-corrected chi connectivity index (χ4v) is 3.20. The van der Waals surface area contributed by atoms with E-state index in [4.69, 9.17) is 9.47 Å². The van der Waals surface area contributed by atoms with Crippen LogP contribution in [-0.4, -0.2) is 24.2 Å². The van der Waals surface area contributed by atoms with Crippen LogP contribution >= 0.6 is 15.9 Å². The number of nitrogens with one attached hydrogen (secondary N) is 1. The van der Waals surface area contributed by atoms with E-state index in [1.165, 1.54) is 5.56 Å². The molecule has 6 heteroatoms. The molecule has 2 aromatic carbocycles. The van der Waals surface area contributed by atoms with Crippen molar-refractivity contribution in [1.82, 2.24) is 5.32 Å². The minimum atomic E-state index is -0.855. The van der Waals surface area contributed by atoms with Crippen LogP contribution in [0.4, 0.5) is 0 Å². The van der Waals surface area contributed by atoms with Gasteiger partial charge in [0.2, 0.25) is 0 Å². The van der Waals surface area contributed by atoms with Gasteiger partial charge in [0.25, 0.3) is 0 Å². The lowest BCUT2D eigenvalue weighted by atomic mass is 10.0. The maximum Gasteiger partial charge on any atom is 0.320 e. The molecule has 0 aliphatic carbocycles. The SMILES string of the molecule is COc1cc(CNC(C(=O)O)C(C)C)c(Br)cc1OCc1ccccc1C. The number of benzene rings is 2. The van der Waals surface area contributed by atoms with E-state index in [2.05, 4.69) is 21.2 Å². The first-order valence-corrected chi connectivity index (χ1v) is 9.62. The van der Waals surface area contributed by atoms with Crippen LogP contribution in [0.15, 0.2) is 40.9 Å². The molecular weight excluding hydrogens is 410 g/mol. The Hall–Kier alpha value is -2.05.